The Morgan fingerprint density at radius 2 is 2.00 bits per heavy atom. The maximum absolute atomic E-state index is 11.7. The summed E-state index contributed by atoms with van der Waals surface area (Å²) < 4.78 is 5.31. The van der Waals surface area contributed by atoms with Gasteiger partial charge in [0.2, 0.25) is 0 Å². The predicted molar refractivity (Wildman–Crippen MR) is 54.1 cm³/mol. The van der Waals surface area contributed by atoms with Crippen molar-refractivity contribution in [2.45, 2.75) is 51.7 Å². The largest absolute Gasteiger partial charge is 0.444 e. The Hall–Kier alpha value is -0.730. The third kappa shape index (κ3) is 1.72. The van der Waals surface area contributed by atoms with Crippen LogP contribution >= 0.6 is 0 Å². The SMILES string of the molecule is CN(C(=O)OC(C)(C)C)C1CC12CC2. The Balaban J connectivity index is 1.86. The summed E-state index contributed by atoms with van der Waals surface area (Å²) in [6, 6.07) is 0.456. The van der Waals surface area contributed by atoms with Crippen LogP contribution in [0.2, 0.25) is 0 Å². The van der Waals surface area contributed by atoms with E-state index in [4.69, 9.17) is 4.74 Å². The summed E-state index contributed by atoms with van der Waals surface area (Å²) >= 11 is 0. The van der Waals surface area contributed by atoms with Crippen molar-refractivity contribution < 1.29 is 9.53 Å². The van der Waals surface area contributed by atoms with Gasteiger partial charge in [-0.25, -0.2) is 4.79 Å². The molecular formula is C11H19NO2. The Morgan fingerprint density at radius 1 is 1.43 bits per heavy atom. The van der Waals surface area contributed by atoms with Crippen molar-refractivity contribution in [2.24, 2.45) is 5.41 Å². The van der Waals surface area contributed by atoms with E-state index in [0.29, 0.717) is 11.5 Å². The number of carbonyl (C=O) groups excluding carboxylic acids is 1. The van der Waals surface area contributed by atoms with E-state index in [1.54, 1.807) is 4.90 Å². The normalized spacial score (nSPS) is 27.3. The molecule has 1 spiro atoms. The van der Waals surface area contributed by atoms with Crippen LogP contribution in [0.15, 0.2) is 0 Å². The number of rotatable bonds is 1. The van der Waals surface area contributed by atoms with Crippen LogP contribution in [0.4, 0.5) is 4.79 Å². The molecule has 0 radical (unpaired) electrons. The summed E-state index contributed by atoms with van der Waals surface area (Å²) in [4.78, 5) is 13.4. The highest BCUT2D eigenvalue weighted by atomic mass is 16.6. The fraction of sp³-hybridized carbons (Fsp3) is 0.909. The molecule has 3 nitrogen and oxygen atoms in total. The number of hydrogen-bond donors (Lipinski definition) is 0. The number of ether oxygens (including phenoxy) is 1. The van der Waals surface area contributed by atoms with Crippen molar-refractivity contribution in [2.75, 3.05) is 7.05 Å². The van der Waals surface area contributed by atoms with Crippen molar-refractivity contribution in [1.29, 1.82) is 0 Å². The highest BCUT2D eigenvalue weighted by Gasteiger charge is 2.65. The number of nitrogens with zero attached hydrogens (tertiary/aromatic N) is 1. The molecule has 0 bridgehead atoms. The molecule has 2 saturated carbocycles. The van der Waals surface area contributed by atoms with Gasteiger partial charge < -0.3 is 9.64 Å². The second kappa shape index (κ2) is 2.65. The molecule has 2 aliphatic carbocycles. The molecule has 1 unspecified atom stereocenters. The summed E-state index contributed by atoms with van der Waals surface area (Å²) in [5, 5.41) is 0. The van der Waals surface area contributed by atoms with Gasteiger partial charge in [0.1, 0.15) is 5.60 Å². The lowest BCUT2D eigenvalue weighted by Gasteiger charge is -2.24. The molecule has 2 fully saturated rings. The summed E-state index contributed by atoms with van der Waals surface area (Å²) in [6.45, 7) is 5.70. The van der Waals surface area contributed by atoms with Crippen molar-refractivity contribution in [3.63, 3.8) is 0 Å². The third-order valence-corrected chi connectivity index (χ3v) is 3.19. The number of carbonyl (C=O) groups is 1. The van der Waals surface area contributed by atoms with Gasteiger partial charge in [-0.2, -0.15) is 0 Å². The first-order chi connectivity index (χ1) is 6.34. The minimum atomic E-state index is -0.378. The zero-order valence-electron chi connectivity index (χ0n) is 9.46. The number of hydrogen-bond acceptors (Lipinski definition) is 2. The molecule has 0 aromatic rings. The summed E-state index contributed by atoms with van der Waals surface area (Å²) in [5.41, 5.74) is 0.141. The Morgan fingerprint density at radius 3 is 2.36 bits per heavy atom. The maximum atomic E-state index is 11.7. The monoisotopic (exact) mass is 197 g/mol. The average molecular weight is 197 g/mol. The Kier molecular flexibility index (Phi) is 1.85. The third-order valence-electron chi connectivity index (χ3n) is 3.19. The fourth-order valence-electron chi connectivity index (χ4n) is 2.03. The zero-order chi connectivity index (χ0) is 10.6. The van der Waals surface area contributed by atoms with Gasteiger partial charge in [0.15, 0.2) is 0 Å². The van der Waals surface area contributed by atoms with Crippen LogP contribution in [-0.2, 0) is 4.74 Å². The predicted octanol–water partition coefficient (Wildman–Crippen LogP) is 2.41. The van der Waals surface area contributed by atoms with Crippen LogP contribution in [0, 0.1) is 5.41 Å². The van der Waals surface area contributed by atoms with E-state index in [9.17, 15) is 4.79 Å². The molecule has 14 heavy (non-hydrogen) atoms. The average Bonchev–Trinajstić information content (AvgIpc) is 2.88. The summed E-state index contributed by atoms with van der Waals surface area (Å²) in [7, 11) is 1.85. The van der Waals surface area contributed by atoms with Crippen molar-refractivity contribution >= 4 is 6.09 Å². The minimum Gasteiger partial charge on any atom is -0.444 e. The molecule has 3 heteroatoms. The Labute approximate surface area is 85.4 Å². The molecule has 0 saturated heterocycles. The Bertz CT molecular complexity index is 263. The molecule has 1 atom stereocenters. The van der Waals surface area contributed by atoms with Crippen LogP contribution in [0.25, 0.3) is 0 Å². The second-order valence-corrected chi connectivity index (χ2v) is 5.67. The first-order valence-electron chi connectivity index (χ1n) is 5.30. The first-order valence-corrected chi connectivity index (χ1v) is 5.30. The second-order valence-electron chi connectivity index (χ2n) is 5.67. The lowest BCUT2D eigenvalue weighted by molar-refractivity contribution is 0.0274. The summed E-state index contributed by atoms with van der Waals surface area (Å²) in [6.07, 6.45) is 3.60. The molecule has 1 amide bonds. The van der Waals surface area contributed by atoms with Gasteiger partial charge in [-0.1, -0.05) is 0 Å². The topological polar surface area (TPSA) is 29.5 Å². The van der Waals surface area contributed by atoms with Gasteiger partial charge in [0.25, 0.3) is 0 Å². The lowest BCUT2D eigenvalue weighted by atomic mass is 10.2. The standard InChI is InChI=1S/C11H19NO2/c1-10(2,3)14-9(13)12(4)8-7-11(8)5-6-11/h8H,5-7H2,1-4H3. The first kappa shape index (κ1) is 9.81. The van der Waals surface area contributed by atoms with Crippen LogP contribution in [-0.4, -0.2) is 29.7 Å². The van der Waals surface area contributed by atoms with Crippen molar-refractivity contribution in [3.8, 4) is 0 Å². The van der Waals surface area contributed by atoms with E-state index in [0.717, 1.165) is 0 Å². The molecule has 0 aromatic carbocycles. The summed E-state index contributed by atoms with van der Waals surface area (Å²) in [5.74, 6) is 0. The van der Waals surface area contributed by atoms with E-state index in [2.05, 4.69) is 0 Å². The maximum Gasteiger partial charge on any atom is 0.410 e. The smallest absolute Gasteiger partial charge is 0.410 e. The van der Waals surface area contributed by atoms with Crippen LogP contribution in [0.3, 0.4) is 0 Å². The van der Waals surface area contributed by atoms with Gasteiger partial charge in [0.05, 0.1) is 0 Å². The fourth-order valence-corrected chi connectivity index (χ4v) is 2.03. The highest BCUT2D eigenvalue weighted by molar-refractivity contribution is 5.69. The zero-order valence-corrected chi connectivity index (χ0v) is 9.46. The van der Waals surface area contributed by atoms with E-state index in [1.165, 1.54) is 19.3 Å². The molecule has 2 aliphatic rings. The van der Waals surface area contributed by atoms with Gasteiger partial charge in [0, 0.05) is 13.1 Å². The molecular weight excluding hydrogens is 178 g/mol. The van der Waals surface area contributed by atoms with Crippen molar-refractivity contribution in [1.82, 2.24) is 4.90 Å². The van der Waals surface area contributed by atoms with Crippen molar-refractivity contribution in [3.05, 3.63) is 0 Å². The number of amides is 1. The van der Waals surface area contributed by atoms with Gasteiger partial charge in [-0.3, -0.25) is 0 Å². The molecule has 0 N–H and O–H groups in total. The van der Waals surface area contributed by atoms with Gasteiger partial charge >= 0.3 is 6.09 Å². The van der Waals surface area contributed by atoms with Crippen LogP contribution in [0.5, 0.6) is 0 Å². The lowest BCUT2D eigenvalue weighted by Crippen LogP contribution is -2.36. The minimum absolute atomic E-state index is 0.175. The molecule has 2 rings (SSSR count). The van der Waals surface area contributed by atoms with Crippen LogP contribution < -0.4 is 0 Å². The molecule has 0 heterocycles. The molecule has 0 aliphatic heterocycles. The van der Waals surface area contributed by atoms with E-state index >= 15 is 0 Å². The molecule has 0 aromatic heterocycles. The van der Waals surface area contributed by atoms with E-state index < -0.39 is 0 Å². The van der Waals surface area contributed by atoms with Crippen LogP contribution in [0.1, 0.15) is 40.0 Å². The van der Waals surface area contributed by atoms with Gasteiger partial charge in [-0.15, -0.1) is 0 Å². The highest BCUT2D eigenvalue weighted by Crippen LogP contribution is 2.67. The van der Waals surface area contributed by atoms with E-state index in [1.807, 2.05) is 27.8 Å². The molecule has 80 valence electrons. The van der Waals surface area contributed by atoms with Gasteiger partial charge in [-0.05, 0) is 45.4 Å². The van der Waals surface area contributed by atoms with E-state index in [-0.39, 0.29) is 11.7 Å². The quantitative estimate of drug-likeness (QED) is 0.646.